The van der Waals surface area contributed by atoms with Gasteiger partial charge in [0.2, 0.25) is 0 Å². The number of hydrogen-bond acceptors (Lipinski definition) is 2. The first-order valence-corrected chi connectivity index (χ1v) is 7.47. The molecule has 0 saturated heterocycles. The van der Waals surface area contributed by atoms with Gasteiger partial charge in [-0.25, -0.2) is 0 Å². The van der Waals surface area contributed by atoms with Gasteiger partial charge in [-0.1, -0.05) is 35.0 Å². The van der Waals surface area contributed by atoms with E-state index in [0.29, 0.717) is 12.1 Å². The summed E-state index contributed by atoms with van der Waals surface area (Å²) in [5, 5.41) is 7.91. The Morgan fingerprint density at radius 3 is 2.84 bits per heavy atom. The van der Waals surface area contributed by atoms with E-state index in [1.807, 2.05) is 23.1 Å². The average molecular weight is 322 g/mol. The molecule has 3 nitrogen and oxygen atoms in total. The van der Waals surface area contributed by atoms with Gasteiger partial charge in [0.15, 0.2) is 0 Å². The van der Waals surface area contributed by atoms with Crippen LogP contribution in [0.1, 0.15) is 31.9 Å². The van der Waals surface area contributed by atoms with E-state index < -0.39 is 0 Å². The highest BCUT2D eigenvalue weighted by Gasteiger charge is 2.13. The molecule has 0 aliphatic carbocycles. The summed E-state index contributed by atoms with van der Waals surface area (Å²) in [4.78, 5) is 0. The molecule has 0 radical (unpaired) electrons. The van der Waals surface area contributed by atoms with Gasteiger partial charge in [0.05, 0.1) is 6.54 Å². The third kappa shape index (κ3) is 4.18. The van der Waals surface area contributed by atoms with E-state index in [1.54, 1.807) is 0 Å². The van der Waals surface area contributed by atoms with Crippen LogP contribution < -0.4 is 5.32 Å². The summed E-state index contributed by atoms with van der Waals surface area (Å²) < 4.78 is 3.09. The van der Waals surface area contributed by atoms with Crippen LogP contribution in [-0.2, 0) is 6.54 Å². The van der Waals surface area contributed by atoms with Gasteiger partial charge in [0, 0.05) is 29.0 Å². The van der Waals surface area contributed by atoms with E-state index in [1.165, 1.54) is 5.56 Å². The lowest BCUT2D eigenvalue weighted by Crippen LogP contribution is -2.33. The molecule has 0 saturated carbocycles. The molecule has 0 aliphatic heterocycles. The maximum Gasteiger partial charge on any atom is 0.0560 e. The predicted octanol–water partition coefficient (Wildman–Crippen LogP) is 3.78. The second-order valence-electron chi connectivity index (χ2n) is 4.81. The Labute approximate surface area is 123 Å². The topological polar surface area (TPSA) is 29.9 Å². The second-order valence-corrected chi connectivity index (χ2v) is 5.73. The van der Waals surface area contributed by atoms with Crippen LogP contribution in [0.5, 0.6) is 0 Å². The van der Waals surface area contributed by atoms with Gasteiger partial charge in [-0.15, -0.1) is 0 Å². The molecule has 1 N–H and O–H groups in total. The summed E-state index contributed by atoms with van der Waals surface area (Å²) in [6, 6.07) is 11.2. The van der Waals surface area contributed by atoms with Gasteiger partial charge < -0.3 is 5.32 Å². The van der Waals surface area contributed by atoms with E-state index >= 15 is 0 Å². The molecular weight excluding hydrogens is 302 g/mol. The van der Waals surface area contributed by atoms with E-state index in [0.717, 1.165) is 17.4 Å². The fourth-order valence-corrected chi connectivity index (χ4v) is 2.68. The Morgan fingerprint density at radius 1 is 1.37 bits per heavy atom. The van der Waals surface area contributed by atoms with E-state index in [4.69, 9.17) is 0 Å². The summed E-state index contributed by atoms with van der Waals surface area (Å²) in [5.41, 5.74) is 1.32. The Kier molecular flexibility index (Phi) is 5.16. The smallest absolute Gasteiger partial charge is 0.0560 e. The van der Waals surface area contributed by atoms with Crippen molar-refractivity contribution < 1.29 is 0 Å². The van der Waals surface area contributed by atoms with Gasteiger partial charge in [-0.05, 0) is 37.1 Å². The number of halogens is 1. The zero-order chi connectivity index (χ0) is 13.7. The molecule has 102 valence electrons. The Balaban J connectivity index is 1.98. The van der Waals surface area contributed by atoms with Crippen molar-refractivity contribution in [2.75, 3.05) is 0 Å². The van der Waals surface area contributed by atoms with Crippen molar-refractivity contribution in [3.63, 3.8) is 0 Å². The summed E-state index contributed by atoms with van der Waals surface area (Å²) in [7, 11) is 0. The zero-order valence-electron chi connectivity index (χ0n) is 11.4. The maximum atomic E-state index is 4.25. The van der Waals surface area contributed by atoms with Crippen molar-refractivity contribution in [1.29, 1.82) is 0 Å². The molecule has 4 heteroatoms. The number of aromatic nitrogens is 2. The van der Waals surface area contributed by atoms with Crippen molar-refractivity contribution in [2.24, 2.45) is 0 Å². The predicted molar refractivity (Wildman–Crippen MR) is 82.0 cm³/mol. The minimum absolute atomic E-state index is 0.378. The molecule has 0 bridgehead atoms. The Morgan fingerprint density at radius 2 is 2.21 bits per heavy atom. The number of rotatable bonds is 6. The molecule has 0 fully saturated rings. The molecule has 1 heterocycles. The van der Waals surface area contributed by atoms with Crippen LogP contribution in [-0.4, -0.2) is 15.8 Å². The quantitative estimate of drug-likeness (QED) is 0.877. The van der Waals surface area contributed by atoms with Crippen molar-refractivity contribution >= 4 is 15.9 Å². The lowest BCUT2D eigenvalue weighted by atomic mass is 10.0. The maximum absolute atomic E-state index is 4.25. The molecule has 19 heavy (non-hydrogen) atoms. The second kappa shape index (κ2) is 6.87. The lowest BCUT2D eigenvalue weighted by molar-refractivity contribution is 0.393. The van der Waals surface area contributed by atoms with Gasteiger partial charge in [-0.3, -0.25) is 4.68 Å². The summed E-state index contributed by atoms with van der Waals surface area (Å²) in [5.74, 6) is 0. The van der Waals surface area contributed by atoms with Crippen LogP contribution in [0, 0.1) is 0 Å². The fraction of sp³-hybridized carbons (Fsp3) is 0.400. The zero-order valence-corrected chi connectivity index (χ0v) is 13.0. The van der Waals surface area contributed by atoms with E-state index in [9.17, 15) is 0 Å². The normalized spacial score (nSPS) is 14.3. The van der Waals surface area contributed by atoms with Crippen LogP contribution in [0.25, 0.3) is 0 Å². The van der Waals surface area contributed by atoms with Gasteiger partial charge in [0.25, 0.3) is 0 Å². The Bertz CT molecular complexity index is 496. The largest absolute Gasteiger partial charge is 0.306 e. The Hall–Kier alpha value is -1.13. The molecule has 2 unspecified atom stereocenters. The number of hydrogen-bond donors (Lipinski definition) is 1. The third-order valence-electron chi connectivity index (χ3n) is 3.17. The molecule has 0 spiro atoms. The van der Waals surface area contributed by atoms with E-state index in [2.05, 4.69) is 64.5 Å². The molecular formula is C15H20BrN3. The number of benzene rings is 1. The minimum Gasteiger partial charge on any atom is -0.306 e. The van der Waals surface area contributed by atoms with Crippen molar-refractivity contribution in [3.05, 3.63) is 52.8 Å². The summed E-state index contributed by atoms with van der Waals surface area (Å²) >= 11 is 3.53. The molecule has 0 aliphatic rings. The number of nitrogens with one attached hydrogen (secondary N) is 1. The molecule has 1 aromatic heterocycles. The van der Waals surface area contributed by atoms with Crippen LogP contribution in [0.2, 0.25) is 0 Å². The highest BCUT2D eigenvalue weighted by atomic mass is 79.9. The highest BCUT2D eigenvalue weighted by Crippen LogP contribution is 2.21. The average Bonchev–Trinajstić information content (AvgIpc) is 2.88. The van der Waals surface area contributed by atoms with Crippen LogP contribution in [0.4, 0.5) is 0 Å². The van der Waals surface area contributed by atoms with Gasteiger partial charge >= 0.3 is 0 Å². The van der Waals surface area contributed by atoms with Crippen LogP contribution in [0.15, 0.2) is 47.2 Å². The third-order valence-corrected chi connectivity index (χ3v) is 3.66. The first-order chi connectivity index (χ1) is 9.19. The summed E-state index contributed by atoms with van der Waals surface area (Å²) in [6.07, 6.45) is 4.89. The minimum atomic E-state index is 0.378. The lowest BCUT2D eigenvalue weighted by Gasteiger charge is -2.23. The monoisotopic (exact) mass is 321 g/mol. The molecule has 0 amide bonds. The van der Waals surface area contributed by atoms with Crippen LogP contribution >= 0.6 is 15.9 Å². The first-order valence-electron chi connectivity index (χ1n) is 6.68. The fourth-order valence-electron chi connectivity index (χ4n) is 2.26. The standard InChI is InChI=1S/C15H20BrN3/c1-3-15(13-6-4-7-14(16)10-13)18-12(2)11-19-9-5-8-17-19/h4-10,12,15,18H,3,11H2,1-2H3. The highest BCUT2D eigenvalue weighted by molar-refractivity contribution is 9.10. The molecule has 2 rings (SSSR count). The summed E-state index contributed by atoms with van der Waals surface area (Å²) in [6.45, 7) is 5.29. The molecule has 1 aromatic carbocycles. The van der Waals surface area contributed by atoms with E-state index in [-0.39, 0.29) is 0 Å². The van der Waals surface area contributed by atoms with Crippen molar-refractivity contribution in [2.45, 2.75) is 38.9 Å². The van der Waals surface area contributed by atoms with Crippen molar-refractivity contribution in [3.8, 4) is 0 Å². The van der Waals surface area contributed by atoms with Crippen LogP contribution in [0.3, 0.4) is 0 Å². The molecule has 2 atom stereocenters. The number of nitrogens with zero attached hydrogens (tertiary/aromatic N) is 2. The van der Waals surface area contributed by atoms with Crippen molar-refractivity contribution in [1.82, 2.24) is 15.1 Å². The van der Waals surface area contributed by atoms with Gasteiger partial charge in [0.1, 0.15) is 0 Å². The van der Waals surface area contributed by atoms with Gasteiger partial charge in [-0.2, -0.15) is 5.10 Å². The first kappa shape index (κ1) is 14.3. The molecule has 2 aromatic rings. The SMILES string of the molecule is CCC(NC(C)Cn1cccn1)c1cccc(Br)c1.